The van der Waals surface area contributed by atoms with Crippen molar-refractivity contribution in [3.8, 4) is 0 Å². The monoisotopic (exact) mass is 254 g/mol. The molecule has 4 rings (SSSR count). The highest BCUT2D eigenvalue weighted by atomic mass is 16.5. The largest absolute Gasteiger partial charge is 0.396 e. The molecule has 104 valence electrons. The molecule has 2 heterocycles. The van der Waals surface area contributed by atoms with Gasteiger partial charge in [0.25, 0.3) is 0 Å². The van der Waals surface area contributed by atoms with Crippen LogP contribution in [0.2, 0.25) is 0 Å². The Balaban J connectivity index is 1.99. The number of hydrogen-bond acceptors (Lipinski definition) is 3. The van der Waals surface area contributed by atoms with Gasteiger partial charge < -0.3 is 14.9 Å². The molecule has 2 aliphatic heterocycles. The first-order chi connectivity index (χ1) is 8.37. The molecular weight excluding hydrogens is 228 g/mol. The quantitative estimate of drug-likeness (QED) is 0.752. The highest BCUT2D eigenvalue weighted by Crippen LogP contribution is 2.58. The van der Waals surface area contributed by atoms with Crippen molar-refractivity contribution in [2.24, 2.45) is 23.7 Å². The van der Waals surface area contributed by atoms with Crippen LogP contribution in [0.3, 0.4) is 0 Å². The Hall–Kier alpha value is -0.120. The van der Waals surface area contributed by atoms with Crippen LogP contribution in [0, 0.1) is 23.7 Å². The minimum absolute atomic E-state index is 0.204. The lowest BCUT2D eigenvalue weighted by atomic mass is 9.76. The summed E-state index contributed by atoms with van der Waals surface area (Å²) in [5, 5.41) is 20.0. The molecule has 0 radical (unpaired) electrons. The van der Waals surface area contributed by atoms with Crippen LogP contribution in [0.25, 0.3) is 0 Å². The summed E-state index contributed by atoms with van der Waals surface area (Å²) in [5.41, 5.74) is -0.443. The van der Waals surface area contributed by atoms with Gasteiger partial charge in [-0.05, 0) is 57.8 Å². The minimum atomic E-state index is -0.247. The van der Waals surface area contributed by atoms with E-state index in [0.29, 0.717) is 24.4 Å². The van der Waals surface area contributed by atoms with Gasteiger partial charge in [0.15, 0.2) is 0 Å². The van der Waals surface area contributed by atoms with Gasteiger partial charge in [0, 0.05) is 18.9 Å². The first kappa shape index (κ1) is 12.9. The van der Waals surface area contributed by atoms with E-state index in [4.69, 9.17) is 4.74 Å². The van der Waals surface area contributed by atoms with Crippen molar-refractivity contribution in [3.05, 3.63) is 0 Å². The average Bonchev–Trinajstić information content (AvgIpc) is 2.58. The Kier molecular flexibility index (Phi) is 2.82. The second-order valence-electron chi connectivity index (χ2n) is 7.42. The van der Waals surface area contributed by atoms with E-state index in [0.717, 1.165) is 25.7 Å². The number of ether oxygens (including phenoxy) is 1. The molecule has 2 bridgehead atoms. The van der Waals surface area contributed by atoms with Crippen molar-refractivity contribution in [1.82, 2.24) is 0 Å². The number of fused-ring (bicyclic) bond motifs is 2. The smallest absolute Gasteiger partial charge is 0.0717 e. The van der Waals surface area contributed by atoms with Crippen LogP contribution in [-0.2, 0) is 4.74 Å². The molecule has 0 spiro atoms. The van der Waals surface area contributed by atoms with Gasteiger partial charge in [0.2, 0.25) is 0 Å². The molecule has 4 fully saturated rings. The van der Waals surface area contributed by atoms with Crippen molar-refractivity contribution in [3.63, 3.8) is 0 Å². The van der Waals surface area contributed by atoms with Crippen LogP contribution in [0.5, 0.6) is 0 Å². The summed E-state index contributed by atoms with van der Waals surface area (Å²) in [5.74, 6) is 1.67. The molecule has 0 aromatic carbocycles. The highest BCUT2D eigenvalue weighted by Gasteiger charge is 2.59. The molecule has 4 aliphatic rings. The van der Waals surface area contributed by atoms with E-state index in [-0.39, 0.29) is 23.2 Å². The first-order valence-electron chi connectivity index (χ1n) is 7.36. The summed E-state index contributed by atoms with van der Waals surface area (Å²) in [6, 6.07) is 0. The zero-order valence-corrected chi connectivity index (χ0v) is 11.7. The molecule has 3 heteroatoms. The van der Waals surface area contributed by atoms with Gasteiger partial charge in [-0.2, -0.15) is 0 Å². The summed E-state index contributed by atoms with van der Waals surface area (Å²) in [7, 11) is 0. The van der Waals surface area contributed by atoms with Crippen molar-refractivity contribution >= 4 is 0 Å². The number of aliphatic hydroxyl groups is 2. The summed E-state index contributed by atoms with van der Waals surface area (Å²) in [6.07, 6.45) is 3.79. The molecule has 1 unspecified atom stereocenters. The Morgan fingerprint density at radius 1 is 1.17 bits per heavy atom. The average molecular weight is 254 g/mol. The molecule has 2 N–H and O–H groups in total. The second-order valence-corrected chi connectivity index (χ2v) is 7.42. The van der Waals surface area contributed by atoms with E-state index < -0.39 is 0 Å². The standard InChI is InChI=1S/C15H26O3/c1-14(2)12-6-10-9(8-16)4-5-11(10)15(3,18-14)7-13(12)17/h9-13,16-17H,4-8H2,1-3H3/t9-,10+,11?,12-,13+,15-/m0/s1. The zero-order chi connectivity index (χ0) is 13.1. The van der Waals surface area contributed by atoms with E-state index in [1.165, 1.54) is 0 Å². The number of hydrogen-bond donors (Lipinski definition) is 2. The zero-order valence-electron chi connectivity index (χ0n) is 11.7. The lowest BCUT2D eigenvalue weighted by molar-refractivity contribution is -0.230. The van der Waals surface area contributed by atoms with E-state index in [2.05, 4.69) is 20.8 Å². The van der Waals surface area contributed by atoms with Gasteiger partial charge in [0.1, 0.15) is 0 Å². The van der Waals surface area contributed by atoms with Gasteiger partial charge in [0.05, 0.1) is 17.3 Å². The van der Waals surface area contributed by atoms with Crippen LogP contribution in [0.1, 0.15) is 46.5 Å². The van der Waals surface area contributed by atoms with Crippen LogP contribution < -0.4 is 0 Å². The fourth-order valence-electron chi connectivity index (χ4n) is 5.19. The third-order valence-corrected chi connectivity index (χ3v) is 5.98. The highest BCUT2D eigenvalue weighted by molar-refractivity contribution is 5.08. The Morgan fingerprint density at radius 2 is 1.89 bits per heavy atom. The summed E-state index contributed by atoms with van der Waals surface area (Å²) in [4.78, 5) is 0. The van der Waals surface area contributed by atoms with E-state index in [9.17, 15) is 10.2 Å². The first-order valence-corrected chi connectivity index (χ1v) is 7.36. The number of aliphatic hydroxyl groups excluding tert-OH is 2. The Morgan fingerprint density at radius 3 is 2.50 bits per heavy atom. The van der Waals surface area contributed by atoms with Crippen LogP contribution >= 0.6 is 0 Å². The third-order valence-electron chi connectivity index (χ3n) is 5.98. The molecule has 0 aromatic rings. The normalized spacial score (nSPS) is 54.2. The van der Waals surface area contributed by atoms with Gasteiger partial charge in [-0.3, -0.25) is 0 Å². The van der Waals surface area contributed by atoms with Gasteiger partial charge in [-0.25, -0.2) is 0 Å². The minimum Gasteiger partial charge on any atom is -0.396 e. The predicted octanol–water partition coefficient (Wildman–Crippen LogP) is 1.96. The van der Waals surface area contributed by atoms with Crippen molar-refractivity contribution < 1.29 is 14.9 Å². The molecule has 0 aromatic heterocycles. The number of rotatable bonds is 1. The third kappa shape index (κ3) is 1.67. The topological polar surface area (TPSA) is 49.7 Å². The molecule has 2 saturated carbocycles. The molecule has 3 nitrogen and oxygen atoms in total. The van der Waals surface area contributed by atoms with Crippen LogP contribution in [0.4, 0.5) is 0 Å². The predicted molar refractivity (Wildman–Crippen MR) is 69.1 cm³/mol. The molecule has 2 aliphatic carbocycles. The fraction of sp³-hybridized carbons (Fsp3) is 1.00. The van der Waals surface area contributed by atoms with Gasteiger partial charge in [-0.15, -0.1) is 0 Å². The van der Waals surface area contributed by atoms with Crippen molar-refractivity contribution in [2.75, 3.05) is 6.61 Å². The molecular formula is C15H26O3. The Bertz CT molecular complexity index is 341. The summed E-state index contributed by atoms with van der Waals surface area (Å²) in [6.45, 7) is 6.71. The lowest BCUT2D eigenvalue weighted by Crippen LogP contribution is -2.55. The summed E-state index contributed by atoms with van der Waals surface area (Å²) >= 11 is 0. The van der Waals surface area contributed by atoms with Gasteiger partial charge in [-0.1, -0.05) is 0 Å². The second kappa shape index (κ2) is 3.94. The molecule has 6 atom stereocenters. The maximum atomic E-state index is 10.5. The maximum absolute atomic E-state index is 10.5. The summed E-state index contributed by atoms with van der Waals surface area (Å²) < 4.78 is 6.42. The molecule has 2 saturated heterocycles. The van der Waals surface area contributed by atoms with Crippen molar-refractivity contribution in [2.45, 2.75) is 63.8 Å². The molecule has 0 amide bonds. The van der Waals surface area contributed by atoms with E-state index in [1.807, 2.05) is 0 Å². The fourth-order valence-corrected chi connectivity index (χ4v) is 5.19. The maximum Gasteiger partial charge on any atom is 0.0717 e. The van der Waals surface area contributed by atoms with Crippen LogP contribution in [-0.4, -0.2) is 34.1 Å². The SMILES string of the molecule is CC1(C)O[C@@]2(C)C[C@@H](O)[C@@H]1C[C@H]1C2CC[C@H]1CO. The lowest BCUT2D eigenvalue weighted by Gasteiger charge is -2.49. The van der Waals surface area contributed by atoms with Crippen LogP contribution in [0.15, 0.2) is 0 Å². The van der Waals surface area contributed by atoms with E-state index >= 15 is 0 Å². The molecule has 18 heavy (non-hydrogen) atoms. The van der Waals surface area contributed by atoms with Gasteiger partial charge >= 0.3 is 0 Å². The van der Waals surface area contributed by atoms with Crippen molar-refractivity contribution in [1.29, 1.82) is 0 Å². The Labute approximate surface area is 110 Å². The van der Waals surface area contributed by atoms with E-state index in [1.54, 1.807) is 0 Å².